The van der Waals surface area contributed by atoms with Crippen LogP contribution in [0.1, 0.15) is 33.1 Å². The molecule has 2 aromatic rings. The van der Waals surface area contributed by atoms with Crippen molar-refractivity contribution in [3.63, 3.8) is 0 Å². The summed E-state index contributed by atoms with van der Waals surface area (Å²) >= 11 is 3.34. The molecule has 0 saturated carbocycles. The summed E-state index contributed by atoms with van der Waals surface area (Å²) in [4.78, 5) is 12.5. The van der Waals surface area contributed by atoms with Crippen LogP contribution in [0, 0.1) is 0 Å². The molecule has 2 rings (SSSR count). The van der Waals surface area contributed by atoms with Gasteiger partial charge in [0.25, 0.3) is 15.9 Å². The van der Waals surface area contributed by atoms with E-state index >= 15 is 0 Å². The third-order valence-corrected chi connectivity index (χ3v) is 6.31. The highest BCUT2D eigenvalue weighted by molar-refractivity contribution is 9.10. The Bertz CT molecular complexity index is 913. The van der Waals surface area contributed by atoms with Gasteiger partial charge in [-0.3, -0.25) is 9.10 Å². The van der Waals surface area contributed by atoms with Crippen LogP contribution in [-0.4, -0.2) is 26.6 Å². The highest BCUT2D eigenvalue weighted by Crippen LogP contribution is 2.25. The minimum absolute atomic E-state index is 0.119. The summed E-state index contributed by atoms with van der Waals surface area (Å²) < 4.78 is 28.2. The molecule has 0 atom stereocenters. The molecule has 0 aliphatic rings. The molecule has 28 heavy (non-hydrogen) atoms. The lowest BCUT2D eigenvalue weighted by atomic mass is 10.2. The number of halogens is 1. The Balaban J connectivity index is 2.27. The van der Waals surface area contributed by atoms with Crippen LogP contribution >= 0.6 is 15.9 Å². The van der Waals surface area contributed by atoms with Crippen molar-refractivity contribution in [3.05, 3.63) is 59.1 Å². The maximum atomic E-state index is 13.1. The lowest BCUT2D eigenvalue weighted by Gasteiger charge is -2.23. The fourth-order valence-electron chi connectivity index (χ4n) is 2.45. The maximum absolute atomic E-state index is 13.1. The number of carbonyl (C=O) groups is 1. The van der Waals surface area contributed by atoms with Crippen LogP contribution in [0.3, 0.4) is 0 Å². The van der Waals surface area contributed by atoms with Crippen molar-refractivity contribution < 1.29 is 13.2 Å². The number of sulfonamides is 1. The van der Waals surface area contributed by atoms with Crippen molar-refractivity contribution in [2.45, 2.75) is 38.0 Å². The number of benzene rings is 2. The predicted molar refractivity (Wildman–Crippen MR) is 116 cm³/mol. The zero-order chi connectivity index (χ0) is 20.6. The van der Waals surface area contributed by atoms with Gasteiger partial charge in [0.2, 0.25) is 0 Å². The van der Waals surface area contributed by atoms with Crippen molar-refractivity contribution >= 4 is 43.3 Å². The first-order valence-electron chi connectivity index (χ1n) is 9.00. The molecular formula is C20H24BrN3O3S. The van der Waals surface area contributed by atoms with Crippen molar-refractivity contribution in [1.82, 2.24) is 5.43 Å². The van der Waals surface area contributed by atoms with Gasteiger partial charge < -0.3 is 0 Å². The van der Waals surface area contributed by atoms with Gasteiger partial charge in [0, 0.05) is 10.2 Å². The average Bonchev–Trinajstić information content (AvgIpc) is 2.70. The molecule has 6 nitrogen and oxygen atoms in total. The minimum Gasteiger partial charge on any atom is -0.271 e. The third-order valence-electron chi connectivity index (χ3n) is 4.00. The topological polar surface area (TPSA) is 78.8 Å². The standard InChI is InChI=1S/C20H24BrN3O3S/c1-3-4-8-16(2)22-23-20(25)15-24(18-13-11-17(21)12-14-18)28(26,27)19-9-6-5-7-10-19/h5-7,9-14H,3-4,8,15H2,1-2H3,(H,23,25)/b22-16-. The van der Waals surface area contributed by atoms with E-state index < -0.39 is 15.9 Å². The first kappa shape index (κ1) is 22.1. The highest BCUT2D eigenvalue weighted by Gasteiger charge is 2.27. The number of hydrogen-bond acceptors (Lipinski definition) is 4. The second kappa shape index (κ2) is 10.4. The summed E-state index contributed by atoms with van der Waals surface area (Å²) in [7, 11) is -3.91. The number of anilines is 1. The molecule has 0 saturated heterocycles. The molecule has 0 bridgehead atoms. The molecule has 150 valence electrons. The molecule has 0 unspecified atom stereocenters. The number of amides is 1. The number of rotatable bonds is 9. The van der Waals surface area contributed by atoms with Gasteiger partial charge in [-0.25, -0.2) is 13.8 Å². The fourth-order valence-corrected chi connectivity index (χ4v) is 4.16. The second-order valence-corrected chi connectivity index (χ2v) is 9.06. The Labute approximate surface area is 174 Å². The van der Waals surface area contributed by atoms with Gasteiger partial charge in [0.1, 0.15) is 6.54 Å². The Morgan fingerprint density at radius 2 is 1.75 bits per heavy atom. The van der Waals surface area contributed by atoms with E-state index in [0.717, 1.165) is 33.8 Å². The summed E-state index contributed by atoms with van der Waals surface area (Å²) in [5.74, 6) is -0.502. The normalized spacial score (nSPS) is 11.9. The monoisotopic (exact) mass is 465 g/mol. The third kappa shape index (κ3) is 6.17. The minimum atomic E-state index is -3.91. The number of hydrazone groups is 1. The molecule has 0 aliphatic carbocycles. The van der Waals surface area contributed by atoms with Crippen LogP contribution in [0.15, 0.2) is 69.1 Å². The van der Waals surface area contributed by atoms with Crippen molar-refractivity contribution in [2.75, 3.05) is 10.8 Å². The Kier molecular flexibility index (Phi) is 8.19. The molecule has 0 spiro atoms. The fraction of sp³-hybridized carbons (Fsp3) is 0.300. The molecule has 1 N–H and O–H groups in total. The average molecular weight is 466 g/mol. The van der Waals surface area contributed by atoms with Gasteiger partial charge >= 0.3 is 0 Å². The van der Waals surface area contributed by atoms with E-state index in [2.05, 4.69) is 33.4 Å². The number of nitrogens with one attached hydrogen (secondary N) is 1. The number of nitrogens with zero attached hydrogens (tertiary/aromatic N) is 2. The number of hydrogen-bond donors (Lipinski definition) is 1. The largest absolute Gasteiger partial charge is 0.271 e. The van der Waals surface area contributed by atoms with Gasteiger partial charge in [-0.2, -0.15) is 5.10 Å². The second-order valence-electron chi connectivity index (χ2n) is 6.29. The lowest BCUT2D eigenvalue weighted by molar-refractivity contribution is -0.119. The molecule has 0 aromatic heterocycles. The quantitative estimate of drug-likeness (QED) is 0.442. The maximum Gasteiger partial charge on any atom is 0.264 e. The van der Waals surface area contributed by atoms with Crippen molar-refractivity contribution in [2.24, 2.45) is 5.10 Å². The molecule has 1 amide bonds. The molecule has 0 fully saturated rings. The Morgan fingerprint density at radius 3 is 2.36 bits per heavy atom. The summed E-state index contributed by atoms with van der Waals surface area (Å²) in [5.41, 5.74) is 3.66. The van der Waals surface area contributed by atoms with Gasteiger partial charge in [-0.1, -0.05) is 47.5 Å². The molecule has 0 aliphatic heterocycles. The van der Waals surface area contributed by atoms with Gasteiger partial charge in [-0.05, 0) is 56.2 Å². The van der Waals surface area contributed by atoms with Crippen molar-refractivity contribution in [1.29, 1.82) is 0 Å². The van der Waals surface area contributed by atoms with E-state index in [1.54, 1.807) is 42.5 Å². The van der Waals surface area contributed by atoms with Crippen LogP contribution in [0.5, 0.6) is 0 Å². The number of carbonyl (C=O) groups excluding carboxylic acids is 1. The van der Waals surface area contributed by atoms with Gasteiger partial charge in [-0.15, -0.1) is 0 Å². The molecule has 0 heterocycles. The van der Waals surface area contributed by atoms with E-state index in [1.807, 2.05) is 6.92 Å². The van der Waals surface area contributed by atoms with E-state index in [0.29, 0.717) is 5.69 Å². The zero-order valence-corrected chi connectivity index (χ0v) is 18.3. The molecule has 2 aromatic carbocycles. The lowest BCUT2D eigenvalue weighted by Crippen LogP contribution is -2.39. The smallest absolute Gasteiger partial charge is 0.264 e. The summed E-state index contributed by atoms with van der Waals surface area (Å²) in [6.45, 7) is 3.54. The summed E-state index contributed by atoms with van der Waals surface area (Å²) in [6, 6.07) is 14.8. The molecule has 0 radical (unpaired) electrons. The van der Waals surface area contributed by atoms with Crippen molar-refractivity contribution in [3.8, 4) is 0 Å². The van der Waals surface area contributed by atoms with Crippen LogP contribution in [0.25, 0.3) is 0 Å². The Morgan fingerprint density at radius 1 is 1.11 bits per heavy atom. The first-order chi connectivity index (χ1) is 13.3. The molecular weight excluding hydrogens is 442 g/mol. The predicted octanol–water partition coefficient (Wildman–Crippen LogP) is 4.33. The van der Waals surface area contributed by atoms with E-state index in [4.69, 9.17) is 0 Å². The number of unbranched alkanes of at least 4 members (excludes halogenated alkanes) is 1. The van der Waals surface area contributed by atoms with Crippen LogP contribution in [-0.2, 0) is 14.8 Å². The van der Waals surface area contributed by atoms with Gasteiger partial charge in [0.05, 0.1) is 10.6 Å². The summed E-state index contributed by atoms with van der Waals surface area (Å²) in [5, 5.41) is 4.07. The van der Waals surface area contributed by atoms with E-state index in [-0.39, 0.29) is 11.4 Å². The zero-order valence-electron chi connectivity index (χ0n) is 15.9. The summed E-state index contributed by atoms with van der Waals surface area (Å²) in [6.07, 6.45) is 2.81. The van der Waals surface area contributed by atoms with E-state index in [1.165, 1.54) is 12.1 Å². The van der Waals surface area contributed by atoms with Crippen LogP contribution in [0.2, 0.25) is 0 Å². The van der Waals surface area contributed by atoms with Crippen LogP contribution in [0.4, 0.5) is 5.69 Å². The highest BCUT2D eigenvalue weighted by atomic mass is 79.9. The van der Waals surface area contributed by atoms with E-state index in [9.17, 15) is 13.2 Å². The SMILES string of the molecule is CCCC/C(C)=N\NC(=O)CN(c1ccc(Br)cc1)S(=O)(=O)c1ccccc1. The van der Waals surface area contributed by atoms with Crippen LogP contribution < -0.4 is 9.73 Å². The first-order valence-corrected chi connectivity index (χ1v) is 11.2. The van der Waals surface area contributed by atoms with Gasteiger partial charge in [0.15, 0.2) is 0 Å². The Hall–Kier alpha value is -2.19. The molecule has 8 heteroatoms.